The lowest BCUT2D eigenvalue weighted by Crippen LogP contribution is -2.52. The zero-order valence-corrected chi connectivity index (χ0v) is 38.1. The third-order valence-electron chi connectivity index (χ3n) is 13.1. The molecule has 338 valence electrons. The van der Waals surface area contributed by atoms with Gasteiger partial charge in [-0.05, 0) is 122 Å². The van der Waals surface area contributed by atoms with Gasteiger partial charge in [0.2, 0.25) is 11.8 Å². The lowest BCUT2D eigenvalue weighted by Gasteiger charge is -2.32. The number of imidazole rings is 1. The third-order valence-corrected chi connectivity index (χ3v) is 13.1. The van der Waals surface area contributed by atoms with Crippen LogP contribution in [0.2, 0.25) is 0 Å². The molecule has 2 fully saturated rings. The molecule has 3 N–H and O–H groups in total. The number of alkyl carbamates (subject to hydrolysis) is 2. The van der Waals surface area contributed by atoms with E-state index < -0.39 is 29.9 Å². The Bertz CT molecular complexity index is 2700. The number of amides is 4. The summed E-state index contributed by atoms with van der Waals surface area (Å²) in [5.74, 6) is 1.06. The molecule has 4 amide bonds. The molecule has 1 aromatic heterocycles. The van der Waals surface area contributed by atoms with E-state index in [0.717, 1.165) is 87.1 Å². The van der Waals surface area contributed by atoms with Gasteiger partial charge >= 0.3 is 12.2 Å². The maximum atomic E-state index is 14.4. The Labute approximate surface area is 379 Å². The zero-order valence-electron chi connectivity index (χ0n) is 38.1. The third kappa shape index (κ3) is 8.53. The predicted molar refractivity (Wildman–Crippen MR) is 248 cm³/mol. The topological polar surface area (TPSA) is 168 Å². The Hall–Kier alpha value is -6.70. The smallest absolute Gasteiger partial charge is 0.408 e. The number of H-pyrrole nitrogens is 1. The molecule has 4 aliphatic rings. The van der Waals surface area contributed by atoms with Crippen molar-refractivity contribution in [2.45, 2.75) is 116 Å². The van der Waals surface area contributed by atoms with Crippen LogP contribution in [0.3, 0.4) is 0 Å². The Balaban J connectivity index is 0.926. The summed E-state index contributed by atoms with van der Waals surface area (Å²) in [5.41, 5.74) is 7.91. The van der Waals surface area contributed by atoms with Crippen molar-refractivity contribution in [3.8, 4) is 28.1 Å². The van der Waals surface area contributed by atoms with E-state index in [2.05, 4.69) is 58.1 Å². The minimum Gasteiger partial charge on any atom is -0.488 e. The molecule has 14 nitrogen and oxygen atoms in total. The number of rotatable bonds is 9. The van der Waals surface area contributed by atoms with Gasteiger partial charge < -0.3 is 39.6 Å². The van der Waals surface area contributed by atoms with E-state index in [4.69, 9.17) is 24.2 Å². The van der Waals surface area contributed by atoms with Gasteiger partial charge in [0.1, 0.15) is 35.9 Å². The molecule has 0 radical (unpaired) electrons. The van der Waals surface area contributed by atoms with Gasteiger partial charge in [-0.2, -0.15) is 0 Å². The van der Waals surface area contributed by atoms with Gasteiger partial charge in [-0.3, -0.25) is 14.6 Å². The number of hydrogen-bond donors (Lipinski definition) is 3. The number of aliphatic imine (C=N–C) groups is 1. The van der Waals surface area contributed by atoms with Crippen molar-refractivity contribution in [3.05, 3.63) is 102 Å². The number of methoxy groups -OCH3 is 1. The fourth-order valence-electron chi connectivity index (χ4n) is 9.93. The highest BCUT2D eigenvalue weighted by Crippen LogP contribution is 2.45. The van der Waals surface area contributed by atoms with E-state index in [0.29, 0.717) is 31.0 Å². The van der Waals surface area contributed by atoms with Crippen LogP contribution in [0.25, 0.3) is 33.2 Å². The van der Waals surface area contributed by atoms with Crippen LogP contribution in [0, 0.1) is 5.92 Å². The molecule has 5 atom stereocenters. The maximum Gasteiger partial charge on any atom is 0.408 e. The van der Waals surface area contributed by atoms with Crippen LogP contribution in [0.1, 0.15) is 102 Å². The van der Waals surface area contributed by atoms with E-state index in [1.807, 2.05) is 67.1 Å². The lowest BCUT2D eigenvalue weighted by atomic mass is 9.90. The van der Waals surface area contributed by atoms with Gasteiger partial charge in [-0.15, -0.1) is 0 Å². The van der Waals surface area contributed by atoms with E-state index in [9.17, 15) is 19.2 Å². The Morgan fingerprint density at radius 1 is 0.892 bits per heavy atom. The first-order chi connectivity index (χ1) is 31.2. The minimum absolute atomic E-state index is 0.0164. The number of aromatic amines is 1. The molecular formula is C51H57N7O7. The summed E-state index contributed by atoms with van der Waals surface area (Å²) >= 11 is 0. The van der Waals surface area contributed by atoms with Crippen molar-refractivity contribution in [2.75, 3.05) is 13.7 Å². The van der Waals surface area contributed by atoms with Crippen LogP contribution >= 0.6 is 0 Å². The summed E-state index contributed by atoms with van der Waals surface area (Å²) in [6.45, 7) is 12.2. The monoisotopic (exact) mass is 879 g/mol. The first-order valence-corrected chi connectivity index (χ1v) is 22.7. The van der Waals surface area contributed by atoms with Gasteiger partial charge in [-0.1, -0.05) is 62.4 Å². The summed E-state index contributed by atoms with van der Waals surface area (Å²) in [5, 5.41) is 7.74. The van der Waals surface area contributed by atoms with Crippen molar-refractivity contribution < 1.29 is 33.4 Å². The van der Waals surface area contributed by atoms with Crippen molar-refractivity contribution in [3.63, 3.8) is 0 Å². The van der Waals surface area contributed by atoms with E-state index in [1.165, 1.54) is 7.11 Å². The molecule has 14 heteroatoms. The van der Waals surface area contributed by atoms with Crippen molar-refractivity contribution in [1.29, 1.82) is 0 Å². The second-order valence-corrected chi connectivity index (χ2v) is 19.0. The van der Waals surface area contributed by atoms with Gasteiger partial charge in [0, 0.05) is 30.3 Å². The number of nitrogens with zero attached hydrogens (tertiary/aromatic N) is 4. The normalized spacial score (nSPS) is 19.8. The van der Waals surface area contributed by atoms with Crippen molar-refractivity contribution in [1.82, 2.24) is 30.4 Å². The van der Waals surface area contributed by atoms with E-state index >= 15 is 0 Å². The number of carbonyl (C=O) groups excluding carboxylic acids is 4. The zero-order chi connectivity index (χ0) is 45.7. The molecule has 65 heavy (non-hydrogen) atoms. The fraction of sp³-hybridized carbons (Fsp3) is 0.412. The molecule has 9 rings (SSSR count). The molecule has 0 spiro atoms. The summed E-state index contributed by atoms with van der Waals surface area (Å²) in [7, 11) is 1.29. The van der Waals surface area contributed by atoms with Crippen LogP contribution < -0.4 is 15.4 Å². The molecule has 2 saturated heterocycles. The molecule has 0 aliphatic carbocycles. The standard InChI is InChI=1S/C51H57N7O7/c1-28(2)44(55-49(61)63-7)48(60)58-29(3)15-20-42(58)46-52-26-40(54-46)32-16-18-34-33(22-32)27-64-43-25-35-31(23-37(34)43)17-19-38-36(35)24-39(53-38)41-14-11-21-57(41)47(59)45(30-12-9-8-10-13-30)56-50(62)65-51(4,5)6/h8-10,12-13,16-19,22-23,25-26,28-29,41-42,44-45H,11,14-15,20-21,24,27H2,1-7H3,(H,52,54)(H,55,61)(H,56,62)/t29-,41?,42-,44-,45+/m0/s1. The Kier molecular flexibility index (Phi) is 11.6. The molecule has 0 saturated carbocycles. The highest BCUT2D eigenvalue weighted by molar-refractivity contribution is 6.06. The quantitative estimate of drug-likeness (QED) is 0.132. The number of ether oxygens (including phenoxy) is 3. The Morgan fingerprint density at radius 2 is 1.69 bits per heavy atom. The number of nitrogens with one attached hydrogen (secondary N) is 3. The number of aromatic nitrogens is 2. The van der Waals surface area contributed by atoms with Crippen LogP contribution in [-0.2, 0) is 32.1 Å². The summed E-state index contributed by atoms with van der Waals surface area (Å²) < 4.78 is 16.9. The number of fused-ring (bicyclic) bond motifs is 6. The predicted octanol–water partition coefficient (Wildman–Crippen LogP) is 9.11. The number of carbonyl (C=O) groups is 4. The molecule has 4 aromatic carbocycles. The fourth-order valence-corrected chi connectivity index (χ4v) is 9.93. The van der Waals surface area contributed by atoms with Crippen LogP contribution in [0.4, 0.5) is 15.3 Å². The van der Waals surface area contributed by atoms with Crippen LogP contribution in [-0.4, -0.2) is 86.9 Å². The molecule has 0 bridgehead atoms. The lowest BCUT2D eigenvalue weighted by molar-refractivity contribution is -0.137. The molecule has 5 heterocycles. The van der Waals surface area contributed by atoms with Gasteiger partial charge in [-0.25, -0.2) is 14.6 Å². The molecule has 5 aromatic rings. The largest absolute Gasteiger partial charge is 0.488 e. The minimum atomic E-state index is -0.901. The number of likely N-dealkylation sites (tertiary alicyclic amines) is 2. The van der Waals surface area contributed by atoms with Gasteiger partial charge in [0.25, 0.3) is 0 Å². The van der Waals surface area contributed by atoms with Gasteiger partial charge in [0.15, 0.2) is 0 Å². The van der Waals surface area contributed by atoms with Gasteiger partial charge in [0.05, 0.1) is 36.8 Å². The highest BCUT2D eigenvalue weighted by Gasteiger charge is 2.42. The van der Waals surface area contributed by atoms with Crippen LogP contribution in [0.15, 0.2) is 84.0 Å². The summed E-state index contributed by atoms with van der Waals surface area (Å²) in [6.07, 6.45) is 4.35. The van der Waals surface area contributed by atoms with Crippen molar-refractivity contribution >= 4 is 46.2 Å². The highest BCUT2D eigenvalue weighted by atomic mass is 16.6. The molecule has 1 unspecified atom stereocenters. The van der Waals surface area contributed by atoms with E-state index in [1.54, 1.807) is 20.8 Å². The Morgan fingerprint density at radius 3 is 2.45 bits per heavy atom. The SMILES string of the molecule is COC(=O)N[C@H](C(=O)N1[C@@H](C)CC[C@H]1c1ncc(-c2ccc3c(c2)COc2cc4c5c(ccc4cc2-3)N=C(C2CCCN2C(=O)[C@H](NC(=O)OC(C)(C)C)c2ccccc2)C5)[nH]1)C(C)C. The average molecular weight is 880 g/mol. The second kappa shape index (κ2) is 17.4. The summed E-state index contributed by atoms with van der Waals surface area (Å²) in [4.78, 5) is 70.6. The first kappa shape index (κ1) is 43.5. The van der Waals surface area contributed by atoms with E-state index in [-0.39, 0.29) is 35.9 Å². The second-order valence-electron chi connectivity index (χ2n) is 19.0. The number of hydrogen-bond acceptors (Lipinski definition) is 9. The first-order valence-electron chi connectivity index (χ1n) is 22.7. The number of benzene rings is 4. The summed E-state index contributed by atoms with van der Waals surface area (Å²) in [6, 6.07) is 22.1. The maximum absolute atomic E-state index is 14.4. The average Bonchev–Trinajstić information content (AvgIpc) is 4.12. The molecular weight excluding hydrogens is 823 g/mol. The molecule has 4 aliphatic heterocycles. The van der Waals surface area contributed by atoms with Crippen LogP contribution in [0.5, 0.6) is 5.75 Å². The van der Waals surface area contributed by atoms with Crippen molar-refractivity contribution in [2.24, 2.45) is 10.9 Å².